The predicted molar refractivity (Wildman–Crippen MR) is 80.6 cm³/mol. The van der Waals surface area contributed by atoms with Crippen molar-refractivity contribution in [3.8, 4) is 5.75 Å². The Bertz CT molecular complexity index is 613. The van der Waals surface area contributed by atoms with E-state index in [-0.39, 0.29) is 29.0 Å². The van der Waals surface area contributed by atoms with E-state index in [1.54, 1.807) is 18.0 Å². The summed E-state index contributed by atoms with van der Waals surface area (Å²) in [7, 11) is -0.792. The Morgan fingerprint density at radius 2 is 2.05 bits per heavy atom. The van der Waals surface area contributed by atoms with Crippen LogP contribution in [0.5, 0.6) is 5.75 Å². The van der Waals surface area contributed by atoms with Crippen molar-refractivity contribution in [2.75, 3.05) is 14.2 Å². The highest BCUT2D eigenvalue weighted by atomic mass is 32.2. The third kappa shape index (κ3) is 4.44. The maximum atomic E-state index is 12.1. The number of primary sulfonamides is 1. The summed E-state index contributed by atoms with van der Waals surface area (Å²) < 4.78 is 28.1. The maximum absolute atomic E-state index is 12.1. The van der Waals surface area contributed by atoms with Crippen LogP contribution in [0.3, 0.4) is 0 Å². The number of hydrogen-bond donors (Lipinski definition) is 1. The monoisotopic (exact) mass is 314 g/mol. The molecule has 0 radical (unpaired) electrons. The summed E-state index contributed by atoms with van der Waals surface area (Å²) in [5.41, 5.74) is 0.583. The lowest BCUT2D eigenvalue weighted by Gasteiger charge is -2.24. The zero-order valence-electron chi connectivity index (χ0n) is 12.8. The zero-order chi connectivity index (χ0) is 16.2. The summed E-state index contributed by atoms with van der Waals surface area (Å²) >= 11 is 0. The van der Waals surface area contributed by atoms with Gasteiger partial charge in [0.05, 0.1) is 13.5 Å². The molecule has 0 heterocycles. The van der Waals surface area contributed by atoms with E-state index < -0.39 is 10.0 Å². The van der Waals surface area contributed by atoms with Crippen molar-refractivity contribution in [2.24, 2.45) is 5.14 Å². The van der Waals surface area contributed by atoms with Crippen LogP contribution in [0.4, 0.5) is 0 Å². The number of ether oxygens (including phenoxy) is 1. The fraction of sp³-hybridized carbons (Fsp3) is 0.500. The van der Waals surface area contributed by atoms with Crippen LogP contribution in [0, 0.1) is 0 Å². The second kappa shape index (κ2) is 6.91. The van der Waals surface area contributed by atoms with E-state index >= 15 is 0 Å². The smallest absolute Gasteiger partial charge is 0.241 e. The Morgan fingerprint density at radius 1 is 1.43 bits per heavy atom. The molecule has 1 rings (SSSR count). The molecule has 1 unspecified atom stereocenters. The number of benzene rings is 1. The number of carbonyl (C=O) groups is 1. The Kier molecular flexibility index (Phi) is 5.74. The number of hydrogen-bond acceptors (Lipinski definition) is 4. The van der Waals surface area contributed by atoms with E-state index in [1.807, 2.05) is 13.8 Å². The van der Waals surface area contributed by atoms with Gasteiger partial charge in [-0.25, -0.2) is 13.6 Å². The molecule has 21 heavy (non-hydrogen) atoms. The van der Waals surface area contributed by atoms with E-state index in [1.165, 1.54) is 19.2 Å². The fourth-order valence-corrected chi connectivity index (χ4v) is 2.62. The molecular formula is C14H22N2O4S. The molecule has 0 saturated heterocycles. The van der Waals surface area contributed by atoms with Gasteiger partial charge < -0.3 is 9.64 Å². The van der Waals surface area contributed by atoms with Crippen LogP contribution >= 0.6 is 0 Å². The van der Waals surface area contributed by atoms with Gasteiger partial charge in [-0.15, -0.1) is 0 Å². The summed E-state index contributed by atoms with van der Waals surface area (Å²) in [5, 5.41) is 5.16. The molecule has 0 spiro atoms. The number of rotatable bonds is 6. The number of carbonyl (C=O) groups excluding carboxylic acids is 1. The minimum Gasteiger partial charge on any atom is -0.495 e. The third-order valence-corrected chi connectivity index (χ3v) is 4.47. The summed E-state index contributed by atoms with van der Waals surface area (Å²) in [6, 6.07) is 4.69. The first-order valence-electron chi connectivity index (χ1n) is 6.66. The third-order valence-electron chi connectivity index (χ3n) is 3.54. The van der Waals surface area contributed by atoms with E-state index in [2.05, 4.69) is 0 Å². The molecule has 0 fully saturated rings. The van der Waals surface area contributed by atoms with Crippen molar-refractivity contribution < 1.29 is 17.9 Å². The lowest BCUT2D eigenvalue weighted by molar-refractivity contribution is -0.131. The van der Waals surface area contributed by atoms with Crippen LogP contribution < -0.4 is 9.88 Å². The highest BCUT2D eigenvalue weighted by molar-refractivity contribution is 7.89. The van der Waals surface area contributed by atoms with Gasteiger partial charge in [0.15, 0.2) is 0 Å². The van der Waals surface area contributed by atoms with Crippen molar-refractivity contribution in [3.63, 3.8) is 0 Å². The van der Waals surface area contributed by atoms with Crippen molar-refractivity contribution in [2.45, 2.75) is 37.6 Å². The summed E-state index contributed by atoms with van der Waals surface area (Å²) in [4.78, 5) is 13.7. The molecule has 7 heteroatoms. The van der Waals surface area contributed by atoms with Gasteiger partial charge in [-0.05, 0) is 31.0 Å². The average molecular weight is 314 g/mol. The molecule has 6 nitrogen and oxygen atoms in total. The van der Waals surface area contributed by atoms with Gasteiger partial charge in [0.2, 0.25) is 15.9 Å². The lowest BCUT2D eigenvalue weighted by atomic mass is 10.1. The van der Waals surface area contributed by atoms with Crippen molar-refractivity contribution in [1.82, 2.24) is 4.90 Å². The number of methoxy groups -OCH3 is 1. The quantitative estimate of drug-likeness (QED) is 0.852. The Hall–Kier alpha value is -1.60. The molecule has 2 N–H and O–H groups in total. The number of likely N-dealkylation sites (N-methyl/N-ethyl adjacent to an activating group) is 1. The van der Waals surface area contributed by atoms with Gasteiger partial charge in [0, 0.05) is 13.1 Å². The van der Waals surface area contributed by atoms with Crippen molar-refractivity contribution in [3.05, 3.63) is 23.8 Å². The number of nitrogens with zero attached hydrogens (tertiary/aromatic N) is 1. The number of nitrogens with two attached hydrogens (primary N) is 1. The molecule has 1 atom stereocenters. The minimum atomic E-state index is -3.90. The Morgan fingerprint density at radius 3 is 2.52 bits per heavy atom. The van der Waals surface area contributed by atoms with Gasteiger partial charge in [0.1, 0.15) is 10.6 Å². The minimum absolute atomic E-state index is 0.0742. The van der Waals surface area contributed by atoms with Gasteiger partial charge in [-0.1, -0.05) is 13.0 Å². The summed E-state index contributed by atoms with van der Waals surface area (Å²) in [6.45, 7) is 3.96. The maximum Gasteiger partial charge on any atom is 0.241 e. The summed E-state index contributed by atoms with van der Waals surface area (Å²) in [5.74, 6) is 0.0962. The molecule has 0 bridgehead atoms. The van der Waals surface area contributed by atoms with E-state index in [4.69, 9.17) is 9.88 Å². The standard InChI is InChI=1S/C14H22N2O4S/c1-5-10(2)16(3)14(17)9-11-6-7-12(20-4)13(8-11)21(15,18)19/h6-8,10H,5,9H2,1-4H3,(H2,15,18,19). The van der Waals surface area contributed by atoms with Crippen LogP contribution in [0.25, 0.3) is 0 Å². The molecule has 1 amide bonds. The van der Waals surface area contributed by atoms with Crippen LogP contribution in [-0.4, -0.2) is 39.4 Å². The van der Waals surface area contributed by atoms with Crippen LogP contribution in [0.2, 0.25) is 0 Å². The van der Waals surface area contributed by atoms with Crippen molar-refractivity contribution >= 4 is 15.9 Å². The van der Waals surface area contributed by atoms with Gasteiger partial charge in [0.25, 0.3) is 0 Å². The molecular weight excluding hydrogens is 292 g/mol. The highest BCUT2D eigenvalue weighted by Crippen LogP contribution is 2.24. The largest absolute Gasteiger partial charge is 0.495 e. The first-order valence-corrected chi connectivity index (χ1v) is 8.20. The molecule has 118 valence electrons. The van der Waals surface area contributed by atoms with Crippen LogP contribution in [0.1, 0.15) is 25.8 Å². The molecule has 1 aromatic rings. The SMILES string of the molecule is CCC(C)N(C)C(=O)Cc1ccc(OC)c(S(N)(=O)=O)c1. The second-order valence-electron chi connectivity index (χ2n) is 4.97. The van der Waals surface area contributed by atoms with Gasteiger partial charge in [-0.2, -0.15) is 0 Å². The van der Waals surface area contributed by atoms with Gasteiger partial charge in [-0.3, -0.25) is 4.79 Å². The molecule has 0 aliphatic rings. The molecule has 0 aliphatic heterocycles. The molecule has 1 aromatic carbocycles. The molecule has 0 aromatic heterocycles. The van der Waals surface area contributed by atoms with E-state index in [9.17, 15) is 13.2 Å². The first-order chi connectivity index (χ1) is 9.70. The Labute approximate surface area is 125 Å². The highest BCUT2D eigenvalue weighted by Gasteiger charge is 2.19. The normalized spacial score (nSPS) is 12.8. The number of amides is 1. The van der Waals surface area contributed by atoms with E-state index in [0.29, 0.717) is 5.56 Å². The molecule has 0 saturated carbocycles. The number of sulfonamides is 1. The van der Waals surface area contributed by atoms with E-state index in [0.717, 1.165) is 6.42 Å². The zero-order valence-corrected chi connectivity index (χ0v) is 13.6. The van der Waals surface area contributed by atoms with Gasteiger partial charge >= 0.3 is 0 Å². The Balaban J connectivity index is 3.03. The topological polar surface area (TPSA) is 89.7 Å². The average Bonchev–Trinajstić information content (AvgIpc) is 2.44. The van der Waals surface area contributed by atoms with Crippen molar-refractivity contribution in [1.29, 1.82) is 0 Å². The fourth-order valence-electron chi connectivity index (χ4n) is 1.87. The second-order valence-corrected chi connectivity index (χ2v) is 6.50. The van der Waals surface area contributed by atoms with Crippen LogP contribution in [0.15, 0.2) is 23.1 Å². The first kappa shape index (κ1) is 17.5. The lowest BCUT2D eigenvalue weighted by Crippen LogP contribution is -2.35. The summed E-state index contributed by atoms with van der Waals surface area (Å²) in [6.07, 6.45) is 0.973. The molecule has 0 aliphatic carbocycles. The predicted octanol–water partition coefficient (Wildman–Crippen LogP) is 1.14. The van der Waals surface area contributed by atoms with Crippen LogP contribution in [-0.2, 0) is 21.2 Å².